The van der Waals surface area contributed by atoms with Gasteiger partial charge in [-0.05, 0) is 53.0 Å². The van der Waals surface area contributed by atoms with Crippen LogP contribution in [0, 0.1) is 13.8 Å². The predicted molar refractivity (Wildman–Crippen MR) is 79.6 cm³/mol. The molecule has 0 bridgehead atoms. The molecule has 2 heteroatoms. The summed E-state index contributed by atoms with van der Waals surface area (Å²) in [6, 6.07) is 15.0. The van der Waals surface area contributed by atoms with E-state index in [2.05, 4.69) is 66.2 Å². The van der Waals surface area contributed by atoms with E-state index in [4.69, 9.17) is 0 Å². The highest BCUT2D eigenvalue weighted by molar-refractivity contribution is 9.10. The van der Waals surface area contributed by atoms with Crippen molar-refractivity contribution in [2.75, 3.05) is 0 Å². The maximum absolute atomic E-state index is 3.58. The molecule has 0 unspecified atom stereocenters. The number of thioether (sulfide) groups is 1. The first-order valence-corrected chi connectivity index (χ1v) is 7.38. The summed E-state index contributed by atoms with van der Waals surface area (Å²) in [5, 5.41) is 0. The van der Waals surface area contributed by atoms with E-state index in [0.717, 1.165) is 5.75 Å². The molecule has 0 fully saturated rings. The van der Waals surface area contributed by atoms with E-state index < -0.39 is 0 Å². The minimum absolute atomic E-state index is 1.02. The van der Waals surface area contributed by atoms with Gasteiger partial charge in [-0.2, -0.15) is 0 Å². The molecular formula is C15H15BrS. The molecular weight excluding hydrogens is 292 g/mol. The van der Waals surface area contributed by atoms with Gasteiger partial charge in [0.05, 0.1) is 0 Å². The van der Waals surface area contributed by atoms with Crippen molar-refractivity contribution in [3.63, 3.8) is 0 Å². The first-order valence-electron chi connectivity index (χ1n) is 5.60. The molecule has 0 aromatic heterocycles. The van der Waals surface area contributed by atoms with Crippen molar-refractivity contribution in [1.29, 1.82) is 0 Å². The zero-order valence-corrected chi connectivity index (χ0v) is 12.4. The van der Waals surface area contributed by atoms with Gasteiger partial charge in [0.15, 0.2) is 0 Å². The van der Waals surface area contributed by atoms with E-state index in [1.165, 1.54) is 26.1 Å². The average Bonchev–Trinajstić information content (AvgIpc) is 2.30. The third-order valence-corrected chi connectivity index (χ3v) is 4.79. The molecule has 0 atom stereocenters. The molecule has 2 aromatic carbocycles. The zero-order valence-electron chi connectivity index (χ0n) is 10.0. The maximum Gasteiger partial charge on any atom is 0.0311 e. The van der Waals surface area contributed by atoms with Gasteiger partial charge in [-0.3, -0.25) is 0 Å². The van der Waals surface area contributed by atoms with E-state index >= 15 is 0 Å². The Labute approximate surface area is 116 Å². The van der Waals surface area contributed by atoms with Crippen molar-refractivity contribution < 1.29 is 0 Å². The van der Waals surface area contributed by atoms with E-state index in [9.17, 15) is 0 Å². The SMILES string of the molecule is Cc1ccc(CSc2ccccc2Br)c(C)c1. The highest BCUT2D eigenvalue weighted by Gasteiger charge is 2.02. The van der Waals surface area contributed by atoms with Gasteiger partial charge in [0.25, 0.3) is 0 Å². The van der Waals surface area contributed by atoms with Crippen LogP contribution in [0.15, 0.2) is 51.8 Å². The zero-order chi connectivity index (χ0) is 12.3. The second-order valence-electron chi connectivity index (χ2n) is 4.15. The van der Waals surface area contributed by atoms with Gasteiger partial charge in [-0.1, -0.05) is 35.9 Å². The summed E-state index contributed by atoms with van der Waals surface area (Å²) in [5.74, 6) is 1.02. The summed E-state index contributed by atoms with van der Waals surface area (Å²) in [5.41, 5.74) is 4.12. The monoisotopic (exact) mass is 306 g/mol. The first kappa shape index (κ1) is 12.7. The second-order valence-corrected chi connectivity index (χ2v) is 6.02. The number of rotatable bonds is 3. The Hall–Kier alpha value is -0.730. The van der Waals surface area contributed by atoms with Crippen molar-refractivity contribution in [2.24, 2.45) is 0 Å². The molecule has 2 rings (SSSR count). The smallest absolute Gasteiger partial charge is 0.0311 e. The van der Waals surface area contributed by atoms with Gasteiger partial charge < -0.3 is 0 Å². The Morgan fingerprint density at radius 2 is 1.82 bits per heavy atom. The molecule has 0 nitrogen and oxygen atoms in total. The molecule has 2 aromatic rings. The molecule has 0 spiro atoms. The van der Waals surface area contributed by atoms with Crippen LogP contribution in [0.2, 0.25) is 0 Å². The Bertz CT molecular complexity index is 520. The molecule has 17 heavy (non-hydrogen) atoms. The van der Waals surface area contributed by atoms with Crippen molar-refractivity contribution in [1.82, 2.24) is 0 Å². The minimum atomic E-state index is 1.02. The number of benzene rings is 2. The number of hydrogen-bond donors (Lipinski definition) is 0. The third-order valence-electron chi connectivity index (χ3n) is 2.72. The number of aryl methyl sites for hydroxylation is 2. The highest BCUT2D eigenvalue weighted by atomic mass is 79.9. The van der Waals surface area contributed by atoms with Gasteiger partial charge in [0.1, 0.15) is 0 Å². The first-order chi connectivity index (χ1) is 8.16. The molecule has 0 N–H and O–H groups in total. The Morgan fingerprint density at radius 1 is 1.06 bits per heavy atom. The normalized spacial score (nSPS) is 10.5. The van der Waals surface area contributed by atoms with Gasteiger partial charge in [0, 0.05) is 15.1 Å². The topological polar surface area (TPSA) is 0 Å². The number of halogens is 1. The maximum atomic E-state index is 3.58. The predicted octanol–water partition coefficient (Wildman–Crippen LogP) is 5.36. The molecule has 0 aliphatic rings. The lowest BCUT2D eigenvalue weighted by Gasteiger charge is -2.07. The summed E-state index contributed by atoms with van der Waals surface area (Å²) >= 11 is 5.45. The average molecular weight is 307 g/mol. The highest BCUT2D eigenvalue weighted by Crippen LogP contribution is 2.30. The Balaban J connectivity index is 2.10. The van der Waals surface area contributed by atoms with Crippen molar-refractivity contribution >= 4 is 27.7 Å². The van der Waals surface area contributed by atoms with Crippen molar-refractivity contribution in [3.8, 4) is 0 Å². The van der Waals surface area contributed by atoms with E-state index in [0.29, 0.717) is 0 Å². The number of hydrogen-bond acceptors (Lipinski definition) is 1. The van der Waals surface area contributed by atoms with E-state index in [-0.39, 0.29) is 0 Å². The lowest BCUT2D eigenvalue weighted by Crippen LogP contribution is -1.87. The van der Waals surface area contributed by atoms with Crippen molar-refractivity contribution in [2.45, 2.75) is 24.5 Å². The minimum Gasteiger partial charge on any atom is -0.120 e. The van der Waals surface area contributed by atoms with Crippen LogP contribution in [0.4, 0.5) is 0 Å². The summed E-state index contributed by atoms with van der Waals surface area (Å²) < 4.78 is 1.18. The van der Waals surface area contributed by atoms with Gasteiger partial charge >= 0.3 is 0 Å². The lowest BCUT2D eigenvalue weighted by atomic mass is 10.1. The standard InChI is InChI=1S/C15H15BrS/c1-11-7-8-13(12(2)9-11)10-17-15-6-4-3-5-14(15)16/h3-9H,10H2,1-2H3. The summed E-state index contributed by atoms with van der Waals surface area (Å²) in [6.07, 6.45) is 0. The quantitative estimate of drug-likeness (QED) is 0.688. The summed E-state index contributed by atoms with van der Waals surface area (Å²) in [6.45, 7) is 4.32. The molecule has 0 aliphatic carbocycles. The van der Waals surface area contributed by atoms with Crippen LogP contribution in [-0.2, 0) is 5.75 Å². The van der Waals surface area contributed by atoms with E-state index in [1.54, 1.807) is 0 Å². The largest absolute Gasteiger partial charge is 0.120 e. The van der Waals surface area contributed by atoms with Crippen LogP contribution in [0.5, 0.6) is 0 Å². The molecule has 0 amide bonds. The van der Waals surface area contributed by atoms with E-state index in [1.807, 2.05) is 17.8 Å². The van der Waals surface area contributed by atoms with Crippen LogP contribution in [0.25, 0.3) is 0 Å². The van der Waals surface area contributed by atoms with Crippen molar-refractivity contribution in [3.05, 3.63) is 63.6 Å². The fraction of sp³-hybridized carbons (Fsp3) is 0.200. The van der Waals surface area contributed by atoms with Crippen LogP contribution in [0.1, 0.15) is 16.7 Å². The fourth-order valence-corrected chi connectivity index (χ4v) is 3.37. The molecule has 0 saturated heterocycles. The third kappa shape index (κ3) is 3.36. The molecule has 0 aliphatic heterocycles. The summed E-state index contributed by atoms with van der Waals surface area (Å²) in [4.78, 5) is 1.30. The van der Waals surface area contributed by atoms with Gasteiger partial charge in [-0.15, -0.1) is 11.8 Å². The molecule has 0 heterocycles. The van der Waals surface area contributed by atoms with Crippen LogP contribution < -0.4 is 0 Å². The van der Waals surface area contributed by atoms with Gasteiger partial charge in [-0.25, -0.2) is 0 Å². The fourth-order valence-electron chi connectivity index (χ4n) is 1.73. The molecule has 0 saturated carbocycles. The van der Waals surface area contributed by atoms with Crippen LogP contribution >= 0.6 is 27.7 Å². The van der Waals surface area contributed by atoms with Crippen LogP contribution in [-0.4, -0.2) is 0 Å². The second kappa shape index (κ2) is 5.74. The van der Waals surface area contributed by atoms with Crippen LogP contribution in [0.3, 0.4) is 0 Å². The van der Waals surface area contributed by atoms with Gasteiger partial charge in [0.2, 0.25) is 0 Å². The molecule has 88 valence electrons. The lowest BCUT2D eigenvalue weighted by molar-refractivity contribution is 1.27. The summed E-state index contributed by atoms with van der Waals surface area (Å²) in [7, 11) is 0. The Kier molecular flexibility index (Phi) is 4.30. The molecule has 0 radical (unpaired) electrons. The Morgan fingerprint density at radius 3 is 2.53 bits per heavy atom.